The monoisotopic (exact) mass is 612 g/mol. The highest BCUT2D eigenvalue weighted by molar-refractivity contribution is 8.00. The van der Waals surface area contributed by atoms with Gasteiger partial charge in [-0.2, -0.15) is 0 Å². The number of hydrogen-bond donors (Lipinski definition) is 1. The lowest BCUT2D eigenvalue weighted by atomic mass is 9.79. The third-order valence-electron chi connectivity index (χ3n) is 9.35. The molecule has 1 saturated carbocycles. The molecule has 8 nitrogen and oxygen atoms in total. The molecule has 2 amide bonds. The first kappa shape index (κ1) is 33.7. The van der Waals surface area contributed by atoms with Gasteiger partial charge in [0.05, 0.1) is 19.8 Å². The first-order valence-electron chi connectivity index (χ1n) is 16.2. The zero-order valence-corrected chi connectivity index (χ0v) is 27.8. The molecule has 1 aromatic rings. The molecule has 2 heterocycles. The minimum atomic E-state index is -0.574. The molecule has 1 aliphatic carbocycles. The molecule has 1 aromatic carbocycles. The summed E-state index contributed by atoms with van der Waals surface area (Å²) in [7, 11) is 1.65. The number of carbonyl (C=O) groups is 2. The molecule has 0 atom stereocenters. The van der Waals surface area contributed by atoms with Crippen molar-refractivity contribution in [3.05, 3.63) is 34.2 Å². The van der Waals surface area contributed by atoms with Gasteiger partial charge in [0.2, 0.25) is 5.91 Å². The number of unbranched alkanes of at least 4 members (excludes halogenated alkanes) is 1. The fraction of sp³-hybridized carbons (Fsp3) is 0.676. The Morgan fingerprint density at radius 1 is 1.14 bits per heavy atom. The fourth-order valence-corrected chi connectivity index (χ4v) is 7.44. The number of anilines is 1. The summed E-state index contributed by atoms with van der Waals surface area (Å²) >= 11 is 1.70. The Balaban J connectivity index is 1.28. The normalized spacial score (nSPS) is 22.3. The summed E-state index contributed by atoms with van der Waals surface area (Å²) < 4.78 is 12.9. The summed E-state index contributed by atoms with van der Waals surface area (Å²) in [4.78, 5) is 32.3. The molecular formula is C34H52N4O4S. The van der Waals surface area contributed by atoms with Crippen molar-refractivity contribution in [2.75, 3.05) is 51.5 Å². The van der Waals surface area contributed by atoms with Crippen molar-refractivity contribution in [1.29, 1.82) is 0 Å². The van der Waals surface area contributed by atoms with Gasteiger partial charge in [-0.15, -0.1) is 0 Å². The van der Waals surface area contributed by atoms with E-state index in [1.807, 2.05) is 0 Å². The van der Waals surface area contributed by atoms with Crippen molar-refractivity contribution in [2.45, 2.75) is 91.0 Å². The standard InChI is InChI=1S/C34H52N4O4S/c1-6-7-8-28-9-11-29(12-10-28)32-35-33(40)34(36-32)14-16-37(17-15-34)43-22-13-31-25(2)23-30(24-26(31)3)38(27(4)39)18-19-42-21-20-41-5/h13,22-24,28-29H,6-12,14-21H2,1-5H3,(H,35,36,40)/b22-13+. The molecular weight excluding hydrogens is 560 g/mol. The lowest BCUT2D eigenvalue weighted by molar-refractivity contribution is -0.125. The topological polar surface area (TPSA) is 83.5 Å². The Labute approximate surface area is 263 Å². The predicted octanol–water partition coefficient (Wildman–Crippen LogP) is 6.30. The molecule has 1 spiro atoms. The maximum Gasteiger partial charge on any atom is 0.253 e. The average molecular weight is 613 g/mol. The van der Waals surface area contributed by atoms with Crippen LogP contribution in [0, 0.1) is 25.7 Å². The van der Waals surface area contributed by atoms with Crippen LogP contribution in [-0.4, -0.2) is 74.1 Å². The molecule has 0 aromatic heterocycles. The first-order chi connectivity index (χ1) is 20.8. The van der Waals surface area contributed by atoms with Gasteiger partial charge in [-0.1, -0.05) is 38.1 Å². The van der Waals surface area contributed by atoms with Gasteiger partial charge in [0.25, 0.3) is 5.91 Å². The number of aliphatic imine (C=N–C) groups is 1. The van der Waals surface area contributed by atoms with E-state index in [0.29, 0.717) is 32.3 Å². The summed E-state index contributed by atoms with van der Waals surface area (Å²) in [6.45, 7) is 11.7. The van der Waals surface area contributed by atoms with Crippen molar-refractivity contribution in [3.8, 4) is 0 Å². The second-order valence-corrected chi connectivity index (χ2v) is 13.4. The number of amides is 2. The van der Waals surface area contributed by atoms with E-state index in [4.69, 9.17) is 14.5 Å². The molecule has 2 fully saturated rings. The number of hydrogen-bond acceptors (Lipinski definition) is 7. The van der Waals surface area contributed by atoms with Crippen LogP contribution in [0.4, 0.5) is 5.69 Å². The van der Waals surface area contributed by atoms with E-state index >= 15 is 0 Å². The van der Waals surface area contributed by atoms with Gasteiger partial charge >= 0.3 is 0 Å². The molecule has 1 saturated heterocycles. The molecule has 238 valence electrons. The lowest BCUT2D eigenvalue weighted by Gasteiger charge is -2.34. The van der Waals surface area contributed by atoms with Crippen molar-refractivity contribution < 1.29 is 19.1 Å². The van der Waals surface area contributed by atoms with Crippen LogP contribution < -0.4 is 10.2 Å². The van der Waals surface area contributed by atoms with Gasteiger partial charge in [0, 0.05) is 45.3 Å². The van der Waals surface area contributed by atoms with E-state index in [9.17, 15) is 9.59 Å². The van der Waals surface area contributed by atoms with Crippen molar-refractivity contribution in [2.24, 2.45) is 16.8 Å². The predicted molar refractivity (Wildman–Crippen MR) is 177 cm³/mol. The minimum absolute atomic E-state index is 0.00181. The number of benzene rings is 1. The van der Waals surface area contributed by atoms with Gasteiger partial charge in [0.1, 0.15) is 11.4 Å². The third kappa shape index (κ3) is 8.93. The van der Waals surface area contributed by atoms with Gasteiger partial charge in [-0.05, 0) is 98.6 Å². The average Bonchev–Trinajstić information content (AvgIpc) is 3.31. The first-order valence-corrected chi connectivity index (χ1v) is 17.1. The minimum Gasteiger partial charge on any atom is -0.382 e. The molecule has 3 aliphatic rings. The van der Waals surface area contributed by atoms with Gasteiger partial charge < -0.3 is 19.7 Å². The van der Waals surface area contributed by atoms with Crippen LogP contribution in [-0.2, 0) is 19.1 Å². The van der Waals surface area contributed by atoms with Crippen molar-refractivity contribution >= 4 is 41.4 Å². The summed E-state index contributed by atoms with van der Waals surface area (Å²) in [6, 6.07) is 4.15. The Morgan fingerprint density at radius 2 is 1.84 bits per heavy atom. The van der Waals surface area contributed by atoms with E-state index in [2.05, 4.69) is 54.0 Å². The van der Waals surface area contributed by atoms with Gasteiger partial charge in [-0.25, -0.2) is 4.31 Å². The number of nitrogens with one attached hydrogen (secondary N) is 1. The van der Waals surface area contributed by atoms with Crippen molar-refractivity contribution in [1.82, 2.24) is 9.62 Å². The second kappa shape index (κ2) is 16.2. The van der Waals surface area contributed by atoms with E-state index in [1.165, 1.54) is 37.7 Å². The maximum absolute atomic E-state index is 13.1. The molecule has 43 heavy (non-hydrogen) atoms. The Kier molecular flexibility index (Phi) is 12.7. The summed E-state index contributed by atoms with van der Waals surface area (Å²) in [5.41, 5.74) is 3.73. The van der Waals surface area contributed by atoms with Crippen LogP contribution in [0.15, 0.2) is 22.5 Å². The SMILES string of the molecule is CCCCC1CCC(C2=NC3(CCN(S/C=C/c4c(C)cc(N(CCOCCOC)C(C)=O)cc4C)CC3)C(=O)N2)CC1. The molecule has 4 rings (SSSR count). The largest absolute Gasteiger partial charge is 0.382 e. The van der Waals surface area contributed by atoms with Crippen LogP contribution in [0.25, 0.3) is 6.08 Å². The summed E-state index contributed by atoms with van der Waals surface area (Å²) in [5.74, 6) is 2.36. The van der Waals surface area contributed by atoms with Crippen LogP contribution in [0.3, 0.4) is 0 Å². The lowest BCUT2D eigenvalue weighted by Crippen LogP contribution is -2.47. The van der Waals surface area contributed by atoms with Crippen molar-refractivity contribution in [3.63, 3.8) is 0 Å². The molecule has 9 heteroatoms. The van der Waals surface area contributed by atoms with E-state index in [0.717, 1.165) is 67.3 Å². The fourth-order valence-electron chi connectivity index (χ4n) is 6.68. The number of rotatable bonds is 14. The number of amidine groups is 1. The summed E-state index contributed by atoms with van der Waals surface area (Å²) in [6.07, 6.45) is 12.5. The highest BCUT2D eigenvalue weighted by atomic mass is 32.2. The molecule has 0 radical (unpaired) electrons. The number of ether oxygens (including phenoxy) is 2. The molecule has 0 unspecified atom stereocenters. The number of nitrogens with zero attached hydrogens (tertiary/aromatic N) is 3. The number of piperidine rings is 1. The van der Waals surface area contributed by atoms with Crippen LogP contribution in [0.2, 0.25) is 0 Å². The number of methoxy groups -OCH3 is 1. The maximum atomic E-state index is 13.1. The second-order valence-electron chi connectivity index (χ2n) is 12.4. The van der Waals surface area contributed by atoms with Crippen LogP contribution in [0.1, 0.15) is 88.3 Å². The Bertz CT molecular complexity index is 1130. The van der Waals surface area contributed by atoms with E-state index < -0.39 is 5.54 Å². The smallest absolute Gasteiger partial charge is 0.253 e. The van der Waals surface area contributed by atoms with E-state index in [1.54, 1.807) is 30.9 Å². The summed E-state index contributed by atoms with van der Waals surface area (Å²) in [5, 5.41) is 5.35. The molecule has 1 N–H and O–H groups in total. The zero-order chi connectivity index (χ0) is 30.8. The number of aryl methyl sites for hydroxylation is 2. The van der Waals surface area contributed by atoms with Crippen LogP contribution in [0.5, 0.6) is 0 Å². The van der Waals surface area contributed by atoms with Gasteiger partial charge in [0.15, 0.2) is 0 Å². The highest BCUT2D eigenvalue weighted by Gasteiger charge is 2.47. The molecule has 2 aliphatic heterocycles. The van der Waals surface area contributed by atoms with E-state index in [-0.39, 0.29) is 11.8 Å². The third-order valence-corrected chi connectivity index (χ3v) is 10.3. The Morgan fingerprint density at radius 3 is 2.47 bits per heavy atom. The zero-order valence-electron chi connectivity index (χ0n) is 27.0. The van der Waals surface area contributed by atoms with Crippen LogP contribution >= 0.6 is 11.9 Å². The Hall–Kier alpha value is -2.20. The molecule has 0 bridgehead atoms. The quantitative estimate of drug-likeness (QED) is 0.196. The highest BCUT2D eigenvalue weighted by Crippen LogP contribution is 2.38. The number of carbonyl (C=O) groups excluding carboxylic acids is 2. The van der Waals surface area contributed by atoms with Gasteiger partial charge in [-0.3, -0.25) is 14.6 Å².